The lowest BCUT2D eigenvalue weighted by molar-refractivity contribution is 0.102. The van der Waals surface area contributed by atoms with Crippen molar-refractivity contribution in [2.75, 3.05) is 10.0 Å². The van der Waals surface area contributed by atoms with Crippen LogP contribution >= 0.6 is 15.9 Å². The van der Waals surface area contributed by atoms with Crippen LogP contribution in [0.15, 0.2) is 62.6 Å². The van der Waals surface area contributed by atoms with Crippen LogP contribution in [-0.4, -0.2) is 19.5 Å². The average Bonchev–Trinajstić information content (AvgIpc) is 3.04. The monoisotopic (exact) mass is 449 g/mol. The summed E-state index contributed by atoms with van der Waals surface area (Å²) >= 11 is 3.28. The van der Waals surface area contributed by atoms with E-state index in [-0.39, 0.29) is 10.8 Å². The van der Waals surface area contributed by atoms with Crippen LogP contribution in [-0.2, 0) is 10.0 Å². The van der Waals surface area contributed by atoms with Crippen molar-refractivity contribution in [3.8, 4) is 0 Å². The Morgan fingerprint density at radius 2 is 1.74 bits per heavy atom. The van der Waals surface area contributed by atoms with E-state index in [1.165, 1.54) is 6.20 Å². The van der Waals surface area contributed by atoms with Crippen molar-refractivity contribution in [1.29, 1.82) is 0 Å². The Bertz CT molecular complexity index is 1090. The quantitative estimate of drug-likeness (QED) is 0.610. The Labute approximate surface area is 164 Å². The van der Waals surface area contributed by atoms with Gasteiger partial charge in [-0.25, -0.2) is 8.42 Å². The fraction of sp³-hybridized carbons (Fsp3) is 0.111. The molecule has 3 aromatic rings. The largest absolute Gasteiger partial charge is 0.361 e. The second-order valence-corrected chi connectivity index (χ2v) is 8.41. The molecule has 0 atom stereocenters. The second-order valence-electron chi connectivity index (χ2n) is 5.84. The molecule has 0 saturated heterocycles. The van der Waals surface area contributed by atoms with Crippen LogP contribution < -0.4 is 10.0 Å². The number of amides is 1. The zero-order valence-corrected chi connectivity index (χ0v) is 16.9. The van der Waals surface area contributed by atoms with Crippen molar-refractivity contribution in [3.63, 3.8) is 0 Å². The van der Waals surface area contributed by atoms with Crippen molar-refractivity contribution >= 4 is 43.2 Å². The normalized spacial score (nSPS) is 11.2. The molecule has 0 spiro atoms. The fourth-order valence-electron chi connectivity index (χ4n) is 2.41. The third-order valence-electron chi connectivity index (χ3n) is 3.83. The number of anilines is 2. The lowest BCUT2D eigenvalue weighted by Gasteiger charge is -2.11. The highest BCUT2D eigenvalue weighted by Crippen LogP contribution is 2.24. The van der Waals surface area contributed by atoms with E-state index < -0.39 is 10.0 Å². The maximum absolute atomic E-state index is 12.6. The highest BCUT2D eigenvalue weighted by molar-refractivity contribution is 9.10. The number of rotatable bonds is 5. The smallest absolute Gasteiger partial charge is 0.262 e. The molecule has 2 aromatic carbocycles. The minimum Gasteiger partial charge on any atom is -0.361 e. The summed E-state index contributed by atoms with van der Waals surface area (Å²) in [6, 6.07) is 11.4. The van der Waals surface area contributed by atoms with Crippen LogP contribution in [0.2, 0.25) is 0 Å². The number of aryl methyl sites for hydroxylation is 2. The Morgan fingerprint density at radius 1 is 1.07 bits per heavy atom. The van der Waals surface area contributed by atoms with E-state index in [2.05, 4.69) is 31.1 Å². The number of hydrogen-bond acceptors (Lipinski definition) is 5. The van der Waals surface area contributed by atoms with E-state index in [9.17, 15) is 13.2 Å². The molecule has 3 rings (SSSR count). The zero-order valence-electron chi connectivity index (χ0n) is 14.5. The molecule has 0 fully saturated rings. The minimum atomic E-state index is -3.73. The first-order chi connectivity index (χ1) is 12.8. The van der Waals surface area contributed by atoms with Crippen molar-refractivity contribution in [1.82, 2.24) is 5.16 Å². The van der Waals surface area contributed by atoms with Gasteiger partial charge in [0.05, 0.1) is 11.1 Å². The summed E-state index contributed by atoms with van der Waals surface area (Å²) in [5, 5.41) is 6.27. The van der Waals surface area contributed by atoms with Gasteiger partial charge in [0.15, 0.2) is 0 Å². The second kappa shape index (κ2) is 7.53. The first-order valence-electron chi connectivity index (χ1n) is 7.88. The molecule has 0 saturated carbocycles. The van der Waals surface area contributed by atoms with Crippen molar-refractivity contribution in [2.24, 2.45) is 0 Å². The first-order valence-corrected chi connectivity index (χ1v) is 10.2. The number of aromatic nitrogens is 1. The van der Waals surface area contributed by atoms with Gasteiger partial charge in [-0.1, -0.05) is 27.2 Å². The summed E-state index contributed by atoms with van der Waals surface area (Å²) in [6.45, 7) is 3.37. The summed E-state index contributed by atoms with van der Waals surface area (Å²) in [5.41, 5.74) is 1.87. The van der Waals surface area contributed by atoms with Crippen molar-refractivity contribution < 1.29 is 17.7 Å². The van der Waals surface area contributed by atoms with Crippen molar-refractivity contribution in [3.05, 3.63) is 70.0 Å². The van der Waals surface area contributed by atoms with E-state index in [1.54, 1.807) is 56.3 Å². The maximum Gasteiger partial charge on any atom is 0.262 e. The average molecular weight is 450 g/mol. The summed E-state index contributed by atoms with van der Waals surface area (Å²) in [5.74, 6) is 0.0631. The lowest BCUT2D eigenvalue weighted by atomic mass is 10.2. The van der Waals surface area contributed by atoms with Gasteiger partial charge in [-0.05, 0) is 55.8 Å². The van der Waals surface area contributed by atoms with E-state index in [1.807, 2.05) is 0 Å². The van der Waals surface area contributed by atoms with Gasteiger partial charge in [0.1, 0.15) is 11.3 Å². The van der Waals surface area contributed by atoms with Crippen LogP contribution in [0.1, 0.15) is 21.7 Å². The molecule has 27 heavy (non-hydrogen) atoms. The molecule has 1 heterocycles. The molecule has 7 nitrogen and oxygen atoms in total. The predicted molar refractivity (Wildman–Crippen MR) is 105 cm³/mol. The number of nitrogens with zero attached hydrogens (tertiary/aromatic N) is 1. The molecule has 0 unspecified atom stereocenters. The number of sulfonamides is 1. The molecule has 1 amide bonds. The van der Waals surface area contributed by atoms with Gasteiger partial charge >= 0.3 is 0 Å². The highest BCUT2D eigenvalue weighted by Gasteiger charge is 2.18. The Kier molecular flexibility index (Phi) is 5.33. The van der Waals surface area contributed by atoms with E-state index in [4.69, 9.17) is 4.52 Å². The lowest BCUT2D eigenvalue weighted by Crippen LogP contribution is -2.15. The molecular weight excluding hydrogens is 434 g/mol. The molecular formula is C18H16BrN3O4S. The van der Waals surface area contributed by atoms with Crippen LogP contribution in [0.3, 0.4) is 0 Å². The van der Waals surface area contributed by atoms with Gasteiger partial charge in [0, 0.05) is 15.8 Å². The Morgan fingerprint density at radius 3 is 2.37 bits per heavy atom. The van der Waals surface area contributed by atoms with Crippen LogP contribution in [0.25, 0.3) is 0 Å². The molecule has 2 N–H and O–H groups in total. The summed E-state index contributed by atoms with van der Waals surface area (Å²) in [6.07, 6.45) is 1.34. The van der Waals surface area contributed by atoms with Crippen molar-refractivity contribution in [2.45, 2.75) is 18.7 Å². The van der Waals surface area contributed by atoms with Gasteiger partial charge < -0.3 is 9.84 Å². The summed E-state index contributed by atoms with van der Waals surface area (Å²) < 4.78 is 33.3. The number of halogens is 1. The molecule has 9 heteroatoms. The zero-order chi connectivity index (χ0) is 19.6. The molecule has 0 aliphatic carbocycles. The number of carbonyl (C=O) groups excluding carboxylic acids is 1. The van der Waals surface area contributed by atoms with Crippen LogP contribution in [0.4, 0.5) is 11.4 Å². The molecule has 0 aliphatic heterocycles. The third-order valence-corrected chi connectivity index (χ3v) is 5.85. The number of hydrogen-bond donors (Lipinski definition) is 2. The predicted octanol–water partition coefficient (Wildman–Crippen LogP) is 4.11. The number of benzene rings is 2. The van der Waals surface area contributed by atoms with Gasteiger partial charge in [-0.3, -0.25) is 9.52 Å². The SMILES string of the molecule is Cc1ccc(Br)cc1S(=O)(=O)Nc1ccc(NC(=O)c2cnoc2C)cc1. The van der Waals surface area contributed by atoms with E-state index in [0.717, 1.165) is 0 Å². The minimum absolute atomic E-state index is 0.192. The fourth-order valence-corrected chi connectivity index (χ4v) is 4.25. The van der Waals surface area contributed by atoms with Gasteiger partial charge in [0.25, 0.3) is 15.9 Å². The molecule has 0 radical (unpaired) electrons. The van der Waals surface area contributed by atoms with E-state index in [0.29, 0.717) is 32.7 Å². The molecule has 1 aromatic heterocycles. The maximum atomic E-state index is 12.6. The molecule has 140 valence electrons. The third kappa shape index (κ3) is 4.37. The topological polar surface area (TPSA) is 101 Å². The first kappa shape index (κ1) is 19.1. The molecule has 0 aliphatic rings. The van der Waals surface area contributed by atoms with Gasteiger partial charge in [-0.15, -0.1) is 0 Å². The van der Waals surface area contributed by atoms with Gasteiger partial charge in [-0.2, -0.15) is 0 Å². The van der Waals surface area contributed by atoms with Gasteiger partial charge in [0.2, 0.25) is 0 Å². The highest BCUT2D eigenvalue weighted by atomic mass is 79.9. The van der Waals surface area contributed by atoms with Crippen LogP contribution in [0.5, 0.6) is 0 Å². The van der Waals surface area contributed by atoms with Crippen LogP contribution in [0, 0.1) is 13.8 Å². The Hall–Kier alpha value is -2.65. The number of carbonyl (C=O) groups is 1. The molecule has 0 bridgehead atoms. The summed E-state index contributed by atoms with van der Waals surface area (Å²) in [7, 11) is -3.73. The van der Waals surface area contributed by atoms with E-state index >= 15 is 0 Å². The summed E-state index contributed by atoms with van der Waals surface area (Å²) in [4.78, 5) is 12.3. The standard InChI is InChI=1S/C18H16BrN3O4S/c1-11-3-4-13(19)9-17(11)27(24,25)22-15-7-5-14(6-8-15)21-18(23)16-10-20-26-12(16)2/h3-10,22H,1-2H3,(H,21,23). The number of nitrogens with one attached hydrogen (secondary N) is 2. The Balaban J connectivity index is 1.75.